The van der Waals surface area contributed by atoms with Crippen molar-refractivity contribution in [3.63, 3.8) is 0 Å². The van der Waals surface area contributed by atoms with Gasteiger partial charge in [-0.05, 0) is 38.0 Å². The van der Waals surface area contributed by atoms with Crippen LogP contribution >= 0.6 is 22.6 Å². The molecule has 0 bridgehead atoms. The zero-order chi connectivity index (χ0) is 15.6. The fraction of sp³-hybridized carbons (Fsp3) is 0.400. The fourth-order valence-corrected chi connectivity index (χ4v) is 2.81. The van der Waals surface area contributed by atoms with Crippen LogP contribution in [0.3, 0.4) is 0 Å². The van der Waals surface area contributed by atoms with Gasteiger partial charge in [0.2, 0.25) is 0 Å². The Morgan fingerprint density at radius 2 is 2.14 bits per heavy atom. The van der Waals surface area contributed by atoms with E-state index in [-0.39, 0.29) is 11.9 Å². The number of aromatic amines is 1. The van der Waals surface area contributed by atoms with Gasteiger partial charge in [0.15, 0.2) is 11.5 Å². The number of halogens is 1. The van der Waals surface area contributed by atoms with Gasteiger partial charge in [0.1, 0.15) is 5.69 Å². The summed E-state index contributed by atoms with van der Waals surface area (Å²) in [5, 5.41) is 10.9. The lowest BCUT2D eigenvalue weighted by Gasteiger charge is -2.08. The van der Waals surface area contributed by atoms with Gasteiger partial charge in [-0.25, -0.2) is 4.79 Å². The Balaban J connectivity index is 2.58. The summed E-state index contributed by atoms with van der Waals surface area (Å²) in [5.74, 6) is -0.00977. The van der Waals surface area contributed by atoms with Crippen LogP contribution in [-0.4, -0.2) is 33.7 Å². The molecule has 0 aliphatic rings. The van der Waals surface area contributed by atoms with Crippen molar-refractivity contribution in [1.29, 1.82) is 0 Å². The molecule has 1 aromatic carbocycles. The zero-order valence-corrected chi connectivity index (χ0v) is 14.4. The number of phenols is 1. The number of nitrogens with one attached hydrogen (secondary N) is 1. The third-order valence-corrected chi connectivity index (χ3v) is 3.60. The van der Waals surface area contributed by atoms with Gasteiger partial charge in [0.25, 0.3) is 0 Å². The Morgan fingerprint density at radius 3 is 2.71 bits per heavy atom. The third kappa shape index (κ3) is 3.25. The number of carbonyl (C=O) groups is 1. The van der Waals surface area contributed by atoms with E-state index in [4.69, 9.17) is 9.47 Å². The minimum Gasteiger partial charge on any atom is -0.504 e. The number of carbonyl (C=O) groups excluding carboxylic acids is 1. The molecule has 0 amide bonds. The summed E-state index contributed by atoms with van der Waals surface area (Å²) in [6.45, 7) is 3.60. The van der Waals surface area contributed by atoms with Crippen molar-refractivity contribution in [1.82, 2.24) is 4.98 Å². The van der Waals surface area contributed by atoms with E-state index in [2.05, 4.69) is 27.6 Å². The number of H-pyrrole nitrogens is 1. The molecule has 0 aliphatic carbocycles. The van der Waals surface area contributed by atoms with E-state index >= 15 is 0 Å². The van der Waals surface area contributed by atoms with Crippen molar-refractivity contribution in [2.75, 3.05) is 11.5 Å². The predicted octanol–water partition coefficient (Wildman–Crippen LogP) is 3.42. The average molecular weight is 403 g/mol. The van der Waals surface area contributed by atoms with Crippen LogP contribution in [0.25, 0.3) is 10.9 Å². The van der Waals surface area contributed by atoms with E-state index in [0.29, 0.717) is 17.0 Å². The maximum Gasteiger partial charge on any atom is 0.355 e. The molecule has 6 heteroatoms. The Kier molecular flexibility index (Phi) is 4.97. The number of alkyl halides is 1. The topological polar surface area (TPSA) is 71.6 Å². The number of benzene rings is 1. The lowest BCUT2D eigenvalue weighted by Crippen LogP contribution is -2.11. The highest BCUT2D eigenvalue weighted by atomic mass is 127. The van der Waals surface area contributed by atoms with E-state index < -0.39 is 5.97 Å². The monoisotopic (exact) mass is 403 g/mol. The number of methoxy groups -OCH3 is 1. The number of hydrogen-bond acceptors (Lipinski definition) is 4. The minimum absolute atomic E-state index is 0.0653. The second-order valence-electron chi connectivity index (χ2n) is 4.95. The standard InChI is InChI=1S/C15H18INO4/c1-8(2)21-15(19)11-7-10-9(4-5-16)6-12(18)14(20-3)13(10)17-11/h6-8,17-18H,4-5H2,1-3H3. The molecule has 0 saturated heterocycles. The molecule has 0 unspecified atom stereocenters. The average Bonchev–Trinajstić information content (AvgIpc) is 2.83. The molecule has 0 aliphatic heterocycles. The summed E-state index contributed by atoms with van der Waals surface area (Å²) in [6, 6.07) is 3.44. The zero-order valence-electron chi connectivity index (χ0n) is 12.2. The van der Waals surface area contributed by atoms with Gasteiger partial charge in [-0.1, -0.05) is 22.6 Å². The van der Waals surface area contributed by atoms with Crippen LogP contribution in [0, 0.1) is 0 Å². The molecule has 5 nitrogen and oxygen atoms in total. The SMILES string of the molecule is COc1c(O)cc(CCI)c2cc(C(=O)OC(C)C)[nH]c12. The summed E-state index contributed by atoms with van der Waals surface area (Å²) in [5.41, 5.74) is 1.95. The summed E-state index contributed by atoms with van der Waals surface area (Å²) in [7, 11) is 1.49. The molecule has 1 heterocycles. The van der Waals surface area contributed by atoms with Crippen molar-refractivity contribution in [3.8, 4) is 11.5 Å². The Labute approximate surface area is 136 Å². The first kappa shape index (κ1) is 15.9. The van der Waals surface area contributed by atoms with Crippen molar-refractivity contribution in [3.05, 3.63) is 23.4 Å². The van der Waals surface area contributed by atoms with Crippen LogP contribution in [-0.2, 0) is 11.2 Å². The van der Waals surface area contributed by atoms with Gasteiger partial charge in [-0.15, -0.1) is 0 Å². The maximum absolute atomic E-state index is 12.0. The van der Waals surface area contributed by atoms with Gasteiger partial charge in [-0.3, -0.25) is 0 Å². The normalized spacial score (nSPS) is 11.1. The van der Waals surface area contributed by atoms with Crippen molar-refractivity contribution in [2.24, 2.45) is 0 Å². The lowest BCUT2D eigenvalue weighted by molar-refractivity contribution is 0.0372. The summed E-state index contributed by atoms with van der Waals surface area (Å²) >= 11 is 2.27. The third-order valence-electron chi connectivity index (χ3n) is 3.06. The highest BCUT2D eigenvalue weighted by Gasteiger charge is 2.19. The predicted molar refractivity (Wildman–Crippen MR) is 89.7 cm³/mol. The molecule has 2 rings (SSSR count). The van der Waals surface area contributed by atoms with Crippen LogP contribution < -0.4 is 4.74 Å². The molecule has 0 radical (unpaired) electrons. The molecule has 2 aromatic rings. The number of ether oxygens (including phenoxy) is 2. The summed E-state index contributed by atoms with van der Waals surface area (Å²) in [4.78, 5) is 15.0. The van der Waals surface area contributed by atoms with Crippen LogP contribution in [0.15, 0.2) is 12.1 Å². The molecule has 2 N–H and O–H groups in total. The second-order valence-corrected chi connectivity index (χ2v) is 6.03. The summed E-state index contributed by atoms with van der Waals surface area (Å²) < 4.78 is 11.3. The van der Waals surface area contributed by atoms with E-state index in [1.165, 1.54) is 7.11 Å². The number of aromatic hydroxyl groups is 1. The largest absolute Gasteiger partial charge is 0.504 e. The molecule has 1 aromatic heterocycles. The molecule has 21 heavy (non-hydrogen) atoms. The molecule has 0 fully saturated rings. The van der Waals surface area contributed by atoms with Crippen molar-refractivity contribution in [2.45, 2.75) is 26.4 Å². The molecular formula is C15H18INO4. The first-order valence-corrected chi connectivity index (χ1v) is 8.19. The van der Waals surface area contributed by atoms with Crippen molar-refractivity contribution >= 4 is 39.5 Å². The van der Waals surface area contributed by atoms with Gasteiger partial charge in [-0.2, -0.15) is 0 Å². The van der Waals surface area contributed by atoms with Gasteiger partial charge in [0, 0.05) is 9.81 Å². The minimum atomic E-state index is -0.414. The molecular weight excluding hydrogens is 385 g/mol. The smallest absolute Gasteiger partial charge is 0.355 e. The number of aromatic nitrogens is 1. The number of fused-ring (bicyclic) bond motifs is 1. The number of rotatable bonds is 5. The van der Waals surface area contributed by atoms with Crippen molar-refractivity contribution < 1.29 is 19.4 Å². The lowest BCUT2D eigenvalue weighted by atomic mass is 10.1. The van der Waals surface area contributed by atoms with Crippen LogP contribution in [0.1, 0.15) is 29.9 Å². The van der Waals surface area contributed by atoms with Gasteiger partial charge >= 0.3 is 5.97 Å². The Hall–Kier alpha value is -1.44. The van der Waals surface area contributed by atoms with Crippen LogP contribution in [0.2, 0.25) is 0 Å². The molecule has 114 valence electrons. The quantitative estimate of drug-likeness (QED) is 0.456. The van der Waals surface area contributed by atoms with Crippen LogP contribution in [0.5, 0.6) is 11.5 Å². The van der Waals surface area contributed by atoms with E-state index in [1.807, 2.05) is 0 Å². The van der Waals surface area contributed by atoms with E-state index in [1.54, 1.807) is 26.0 Å². The summed E-state index contributed by atoms with van der Waals surface area (Å²) in [6.07, 6.45) is 0.610. The van der Waals surface area contributed by atoms with Gasteiger partial charge in [0.05, 0.1) is 18.7 Å². The first-order chi connectivity index (χ1) is 9.97. The van der Waals surface area contributed by atoms with Crippen LogP contribution in [0.4, 0.5) is 0 Å². The molecule has 0 atom stereocenters. The number of esters is 1. The highest BCUT2D eigenvalue weighted by Crippen LogP contribution is 2.37. The number of phenolic OH excluding ortho intramolecular Hbond substituents is 1. The van der Waals surface area contributed by atoms with E-state index in [0.717, 1.165) is 21.8 Å². The first-order valence-electron chi connectivity index (χ1n) is 6.66. The van der Waals surface area contributed by atoms with E-state index in [9.17, 15) is 9.90 Å². The highest BCUT2D eigenvalue weighted by molar-refractivity contribution is 14.1. The fourth-order valence-electron chi connectivity index (χ4n) is 2.23. The Bertz CT molecular complexity index is 663. The second kappa shape index (κ2) is 6.55. The number of aryl methyl sites for hydroxylation is 1. The maximum atomic E-state index is 12.0. The Morgan fingerprint density at radius 1 is 1.43 bits per heavy atom. The van der Waals surface area contributed by atoms with Gasteiger partial charge < -0.3 is 19.6 Å². The molecule has 0 saturated carbocycles. The number of hydrogen-bond donors (Lipinski definition) is 2. The molecule has 0 spiro atoms.